The van der Waals surface area contributed by atoms with Crippen molar-refractivity contribution in [1.82, 2.24) is 25.5 Å². The van der Waals surface area contributed by atoms with Crippen LogP contribution in [0, 0.1) is 0 Å². The Bertz CT molecular complexity index is 599. The summed E-state index contributed by atoms with van der Waals surface area (Å²) in [6.45, 7) is 0.701. The molecule has 1 aliphatic heterocycles. The number of carbonyl (C=O) groups is 1. The minimum absolute atomic E-state index is 0.0102. The van der Waals surface area contributed by atoms with Gasteiger partial charge in [0, 0.05) is 17.7 Å². The van der Waals surface area contributed by atoms with Crippen molar-refractivity contribution in [1.29, 1.82) is 0 Å². The Labute approximate surface area is 115 Å². The molecule has 0 saturated carbocycles. The molecule has 1 saturated heterocycles. The van der Waals surface area contributed by atoms with Gasteiger partial charge >= 0.3 is 0 Å². The average molecular weight is 273 g/mol. The fourth-order valence-corrected chi connectivity index (χ4v) is 2.53. The number of aromatic nitrogens is 4. The molecule has 0 aliphatic carbocycles. The predicted molar refractivity (Wildman–Crippen MR) is 70.8 cm³/mol. The van der Waals surface area contributed by atoms with E-state index in [1.54, 1.807) is 23.1 Å². The Kier molecular flexibility index (Phi) is 3.42. The smallest absolute Gasteiger partial charge is 0.254 e. The molecular weight excluding hydrogens is 258 g/mol. The van der Waals surface area contributed by atoms with E-state index in [9.17, 15) is 9.90 Å². The zero-order valence-electron chi connectivity index (χ0n) is 10.9. The summed E-state index contributed by atoms with van der Waals surface area (Å²) in [5, 5.41) is 23.0. The molecule has 1 aromatic heterocycles. The zero-order valence-corrected chi connectivity index (χ0v) is 10.9. The molecule has 0 bridgehead atoms. The van der Waals surface area contributed by atoms with Gasteiger partial charge in [-0.2, -0.15) is 5.21 Å². The molecule has 20 heavy (non-hydrogen) atoms. The third-order valence-electron chi connectivity index (χ3n) is 3.56. The molecule has 104 valence electrons. The van der Waals surface area contributed by atoms with Crippen LogP contribution in [0.4, 0.5) is 0 Å². The molecular formula is C13H15N5O2. The molecule has 7 nitrogen and oxygen atoms in total. The van der Waals surface area contributed by atoms with Crippen LogP contribution in [0.25, 0.3) is 11.4 Å². The monoisotopic (exact) mass is 273 g/mol. The van der Waals surface area contributed by atoms with Gasteiger partial charge in [-0.3, -0.25) is 4.79 Å². The van der Waals surface area contributed by atoms with Gasteiger partial charge < -0.3 is 10.0 Å². The molecule has 3 rings (SSSR count). The summed E-state index contributed by atoms with van der Waals surface area (Å²) < 4.78 is 0. The van der Waals surface area contributed by atoms with Gasteiger partial charge in [-0.05, 0) is 30.2 Å². The molecule has 1 aromatic carbocycles. The van der Waals surface area contributed by atoms with Gasteiger partial charge in [0.15, 0.2) is 0 Å². The van der Waals surface area contributed by atoms with Gasteiger partial charge in [0.25, 0.3) is 5.91 Å². The second-order valence-electron chi connectivity index (χ2n) is 4.79. The lowest BCUT2D eigenvalue weighted by atomic mass is 10.1. The molecule has 1 atom stereocenters. The first-order chi connectivity index (χ1) is 9.79. The summed E-state index contributed by atoms with van der Waals surface area (Å²) in [5.74, 6) is 0.395. The van der Waals surface area contributed by atoms with Crippen molar-refractivity contribution in [3.63, 3.8) is 0 Å². The fraction of sp³-hybridized carbons (Fsp3) is 0.385. The number of aliphatic hydroxyl groups is 1. The number of rotatable bonds is 3. The van der Waals surface area contributed by atoms with Crippen LogP contribution in [0.5, 0.6) is 0 Å². The minimum atomic E-state index is -0.0728. The average Bonchev–Trinajstić information content (AvgIpc) is 3.17. The van der Waals surface area contributed by atoms with E-state index in [-0.39, 0.29) is 18.6 Å². The lowest BCUT2D eigenvalue weighted by Gasteiger charge is -2.23. The standard InChI is InChI=1S/C13H15N5O2/c19-8-11-5-2-6-18(11)13(20)10-4-1-3-9(7-10)12-14-16-17-15-12/h1,3-4,7,11,19H,2,5-6,8H2,(H,14,15,16,17)/t11-/m0/s1. The Morgan fingerprint density at radius 1 is 1.50 bits per heavy atom. The highest BCUT2D eigenvalue weighted by atomic mass is 16.3. The van der Waals surface area contributed by atoms with Crippen molar-refractivity contribution in [2.24, 2.45) is 0 Å². The van der Waals surface area contributed by atoms with Gasteiger partial charge in [-0.15, -0.1) is 10.2 Å². The third-order valence-corrected chi connectivity index (χ3v) is 3.56. The molecule has 7 heteroatoms. The number of amides is 1. The number of likely N-dealkylation sites (tertiary alicyclic amines) is 1. The van der Waals surface area contributed by atoms with Crippen molar-refractivity contribution < 1.29 is 9.90 Å². The normalized spacial score (nSPS) is 18.4. The molecule has 1 fully saturated rings. The van der Waals surface area contributed by atoms with Gasteiger partial charge in [0.05, 0.1) is 12.6 Å². The number of carbonyl (C=O) groups excluding carboxylic acids is 1. The van der Waals surface area contributed by atoms with E-state index in [0.717, 1.165) is 18.4 Å². The van der Waals surface area contributed by atoms with Gasteiger partial charge in [-0.1, -0.05) is 12.1 Å². The largest absolute Gasteiger partial charge is 0.394 e. The van der Waals surface area contributed by atoms with Crippen LogP contribution < -0.4 is 0 Å². The first kappa shape index (κ1) is 12.7. The predicted octanol–water partition coefficient (Wildman–Crippen LogP) is 0.464. The SMILES string of the molecule is O=C(c1cccc(-c2nn[nH]n2)c1)N1CCC[C@H]1CO. The van der Waals surface area contributed by atoms with Crippen molar-refractivity contribution in [3.05, 3.63) is 29.8 Å². The maximum absolute atomic E-state index is 12.5. The number of tetrazole rings is 1. The van der Waals surface area contributed by atoms with Crippen LogP contribution >= 0.6 is 0 Å². The molecule has 1 aliphatic rings. The van der Waals surface area contributed by atoms with Gasteiger partial charge in [0.2, 0.25) is 5.82 Å². The number of nitrogens with zero attached hydrogens (tertiary/aromatic N) is 4. The van der Waals surface area contributed by atoms with E-state index in [0.29, 0.717) is 17.9 Å². The second kappa shape index (κ2) is 5.38. The molecule has 2 aromatic rings. The maximum Gasteiger partial charge on any atom is 0.254 e. The first-order valence-electron chi connectivity index (χ1n) is 6.55. The number of H-pyrrole nitrogens is 1. The van der Waals surface area contributed by atoms with Crippen molar-refractivity contribution in [3.8, 4) is 11.4 Å². The lowest BCUT2D eigenvalue weighted by molar-refractivity contribution is 0.0677. The summed E-state index contributed by atoms with van der Waals surface area (Å²) >= 11 is 0. The zero-order chi connectivity index (χ0) is 13.9. The second-order valence-corrected chi connectivity index (χ2v) is 4.79. The Morgan fingerprint density at radius 2 is 2.40 bits per heavy atom. The highest BCUT2D eigenvalue weighted by molar-refractivity contribution is 5.95. The van der Waals surface area contributed by atoms with Gasteiger partial charge in [-0.25, -0.2) is 0 Å². The van der Waals surface area contributed by atoms with E-state index in [1.807, 2.05) is 6.07 Å². The van der Waals surface area contributed by atoms with E-state index < -0.39 is 0 Å². The van der Waals surface area contributed by atoms with E-state index >= 15 is 0 Å². The van der Waals surface area contributed by atoms with Crippen LogP contribution in [0.1, 0.15) is 23.2 Å². The van der Waals surface area contributed by atoms with Crippen molar-refractivity contribution in [2.45, 2.75) is 18.9 Å². The summed E-state index contributed by atoms with van der Waals surface area (Å²) in [5.41, 5.74) is 1.32. The Hall–Kier alpha value is -2.28. The van der Waals surface area contributed by atoms with E-state index in [2.05, 4.69) is 20.6 Å². The number of nitrogens with one attached hydrogen (secondary N) is 1. The van der Waals surface area contributed by atoms with Crippen LogP contribution in [-0.2, 0) is 0 Å². The summed E-state index contributed by atoms with van der Waals surface area (Å²) in [6, 6.07) is 7.06. The lowest BCUT2D eigenvalue weighted by Crippen LogP contribution is -2.37. The molecule has 1 amide bonds. The number of hydrogen-bond acceptors (Lipinski definition) is 5. The summed E-state index contributed by atoms with van der Waals surface area (Å²) in [7, 11) is 0. The Balaban J connectivity index is 1.87. The third kappa shape index (κ3) is 2.27. The minimum Gasteiger partial charge on any atom is -0.394 e. The highest BCUT2D eigenvalue weighted by Crippen LogP contribution is 2.22. The van der Waals surface area contributed by atoms with Crippen molar-refractivity contribution in [2.75, 3.05) is 13.2 Å². The van der Waals surface area contributed by atoms with Crippen molar-refractivity contribution >= 4 is 5.91 Å². The first-order valence-corrected chi connectivity index (χ1v) is 6.55. The molecule has 0 spiro atoms. The van der Waals surface area contributed by atoms with Crippen LogP contribution in [0.3, 0.4) is 0 Å². The van der Waals surface area contributed by atoms with Gasteiger partial charge in [0.1, 0.15) is 0 Å². The summed E-state index contributed by atoms with van der Waals surface area (Å²) in [4.78, 5) is 14.2. The number of aliphatic hydroxyl groups excluding tert-OH is 1. The number of hydrogen-bond donors (Lipinski definition) is 2. The summed E-state index contributed by atoms with van der Waals surface area (Å²) in [6.07, 6.45) is 1.79. The number of aromatic amines is 1. The molecule has 0 radical (unpaired) electrons. The maximum atomic E-state index is 12.5. The topological polar surface area (TPSA) is 95.0 Å². The van der Waals surface area contributed by atoms with Crippen LogP contribution in [0.15, 0.2) is 24.3 Å². The Morgan fingerprint density at radius 3 is 3.15 bits per heavy atom. The van der Waals surface area contributed by atoms with Crippen LogP contribution in [-0.4, -0.2) is 55.7 Å². The highest BCUT2D eigenvalue weighted by Gasteiger charge is 2.28. The fourth-order valence-electron chi connectivity index (χ4n) is 2.53. The molecule has 2 heterocycles. The molecule has 2 N–H and O–H groups in total. The number of benzene rings is 1. The van der Waals surface area contributed by atoms with E-state index in [1.165, 1.54) is 0 Å². The van der Waals surface area contributed by atoms with E-state index in [4.69, 9.17) is 0 Å². The quantitative estimate of drug-likeness (QED) is 0.847. The molecule has 0 unspecified atom stereocenters. The van der Waals surface area contributed by atoms with Crippen LogP contribution in [0.2, 0.25) is 0 Å².